The van der Waals surface area contributed by atoms with E-state index in [0.29, 0.717) is 16.6 Å². The molecule has 0 atom stereocenters. The topological polar surface area (TPSA) is 20.3 Å². The van der Waals surface area contributed by atoms with Gasteiger partial charge in [0.05, 0.1) is 5.02 Å². The number of nitrogens with zero attached hydrogens (tertiary/aromatic N) is 1. The fourth-order valence-electron chi connectivity index (χ4n) is 2.73. The Labute approximate surface area is 142 Å². The Hall–Kier alpha value is -0.0600. The highest BCUT2D eigenvalue weighted by Crippen LogP contribution is 2.27. The predicted octanol–water partition coefficient (Wildman–Crippen LogP) is 5.27. The summed E-state index contributed by atoms with van der Waals surface area (Å²) in [6.45, 7) is 0.747. The molecule has 2 rings (SSSR count). The van der Waals surface area contributed by atoms with Crippen molar-refractivity contribution in [3.8, 4) is 0 Å². The lowest BCUT2D eigenvalue weighted by Crippen LogP contribution is -2.42. The SMILES string of the molecule is O=C(c1ccc(Br)c(Cl)c1)N(CCBr)C1CCCCC1. The van der Waals surface area contributed by atoms with Gasteiger partial charge in [0.2, 0.25) is 0 Å². The zero-order valence-corrected chi connectivity index (χ0v) is 15.2. The molecule has 0 saturated heterocycles. The Balaban J connectivity index is 2.18. The molecule has 0 spiro atoms. The molecule has 1 aliphatic rings. The van der Waals surface area contributed by atoms with Gasteiger partial charge in [-0.2, -0.15) is 0 Å². The molecule has 1 aromatic rings. The third-order valence-corrected chi connectivity index (χ3v) is 5.36. The van der Waals surface area contributed by atoms with Crippen LogP contribution in [0.25, 0.3) is 0 Å². The molecule has 0 aliphatic heterocycles. The highest BCUT2D eigenvalue weighted by Gasteiger charge is 2.25. The van der Waals surface area contributed by atoms with Crippen LogP contribution in [0.15, 0.2) is 22.7 Å². The summed E-state index contributed by atoms with van der Waals surface area (Å²) >= 11 is 12.9. The number of amides is 1. The summed E-state index contributed by atoms with van der Waals surface area (Å²) in [6, 6.07) is 5.79. The van der Waals surface area contributed by atoms with E-state index in [0.717, 1.165) is 29.2 Å². The van der Waals surface area contributed by atoms with Crippen molar-refractivity contribution in [2.45, 2.75) is 38.1 Å². The van der Waals surface area contributed by atoms with Gasteiger partial charge in [-0.05, 0) is 47.0 Å². The number of hydrogen-bond donors (Lipinski definition) is 0. The van der Waals surface area contributed by atoms with Crippen LogP contribution in [0, 0.1) is 0 Å². The zero-order chi connectivity index (χ0) is 14.5. The molecule has 2 nitrogen and oxygen atoms in total. The van der Waals surface area contributed by atoms with Gasteiger partial charge < -0.3 is 4.90 Å². The third kappa shape index (κ3) is 3.99. The van der Waals surface area contributed by atoms with E-state index in [4.69, 9.17) is 11.6 Å². The van der Waals surface area contributed by atoms with E-state index in [9.17, 15) is 4.79 Å². The molecule has 0 heterocycles. The van der Waals surface area contributed by atoms with Crippen LogP contribution < -0.4 is 0 Å². The predicted molar refractivity (Wildman–Crippen MR) is 90.9 cm³/mol. The standard InChI is InChI=1S/C15H18Br2ClNO/c16-8-9-19(12-4-2-1-3-5-12)15(20)11-6-7-13(17)14(18)10-11/h6-7,10,12H,1-5,8-9H2. The molecule has 110 valence electrons. The molecular formula is C15H18Br2ClNO. The van der Waals surface area contributed by atoms with E-state index in [-0.39, 0.29) is 5.91 Å². The first-order valence-electron chi connectivity index (χ1n) is 6.95. The summed E-state index contributed by atoms with van der Waals surface area (Å²) in [5.41, 5.74) is 0.671. The van der Waals surface area contributed by atoms with E-state index in [1.54, 1.807) is 6.07 Å². The van der Waals surface area contributed by atoms with E-state index < -0.39 is 0 Å². The van der Waals surface area contributed by atoms with Gasteiger partial charge >= 0.3 is 0 Å². The molecule has 20 heavy (non-hydrogen) atoms. The second-order valence-corrected chi connectivity index (χ2v) is 7.16. The highest BCUT2D eigenvalue weighted by molar-refractivity contribution is 9.10. The minimum absolute atomic E-state index is 0.0887. The van der Waals surface area contributed by atoms with Gasteiger partial charge in [0.1, 0.15) is 0 Å². The fourth-order valence-corrected chi connectivity index (χ4v) is 3.54. The average Bonchev–Trinajstić information content (AvgIpc) is 2.48. The van der Waals surface area contributed by atoms with Gasteiger partial charge in [0, 0.05) is 28.0 Å². The van der Waals surface area contributed by atoms with Gasteiger partial charge in [0.15, 0.2) is 0 Å². The van der Waals surface area contributed by atoms with Crippen molar-refractivity contribution in [1.82, 2.24) is 4.90 Å². The van der Waals surface area contributed by atoms with Gasteiger partial charge in [-0.1, -0.05) is 46.8 Å². The van der Waals surface area contributed by atoms with Crippen LogP contribution in [0.3, 0.4) is 0 Å². The second-order valence-electron chi connectivity index (χ2n) is 5.11. The number of carbonyl (C=O) groups excluding carboxylic acids is 1. The summed E-state index contributed by atoms with van der Waals surface area (Å²) in [5.74, 6) is 0.0887. The van der Waals surface area contributed by atoms with Gasteiger partial charge in [0.25, 0.3) is 5.91 Å². The molecule has 1 fully saturated rings. The van der Waals surface area contributed by atoms with Crippen LogP contribution in [-0.2, 0) is 0 Å². The lowest BCUT2D eigenvalue weighted by molar-refractivity contribution is 0.0651. The first-order chi connectivity index (χ1) is 9.63. The maximum atomic E-state index is 12.7. The van der Waals surface area contributed by atoms with E-state index in [1.807, 2.05) is 17.0 Å². The van der Waals surface area contributed by atoms with Crippen molar-refractivity contribution in [3.63, 3.8) is 0 Å². The highest BCUT2D eigenvalue weighted by atomic mass is 79.9. The van der Waals surface area contributed by atoms with Crippen LogP contribution in [0.1, 0.15) is 42.5 Å². The van der Waals surface area contributed by atoms with Gasteiger partial charge in [-0.25, -0.2) is 0 Å². The molecule has 1 aromatic carbocycles. The minimum Gasteiger partial charge on any atom is -0.335 e. The van der Waals surface area contributed by atoms with Crippen molar-refractivity contribution < 1.29 is 4.79 Å². The van der Waals surface area contributed by atoms with Crippen LogP contribution in [-0.4, -0.2) is 28.7 Å². The quantitative estimate of drug-likeness (QED) is 0.604. The normalized spacial score (nSPS) is 16.1. The Kier molecular flexibility index (Phi) is 6.37. The molecule has 1 saturated carbocycles. The summed E-state index contributed by atoms with van der Waals surface area (Å²) < 4.78 is 0.820. The molecule has 5 heteroatoms. The number of alkyl halides is 1. The number of benzene rings is 1. The molecule has 0 radical (unpaired) electrons. The van der Waals surface area contributed by atoms with E-state index >= 15 is 0 Å². The van der Waals surface area contributed by atoms with Crippen molar-refractivity contribution >= 4 is 49.4 Å². The van der Waals surface area contributed by atoms with Crippen LogP contribution in [0.2, 0.25) is 5.02 Å². The maximum absolute atomic E-state index is 12.7. The maximum Gasteiger partial charge on any atom is 0.254 e. The van der Waals surface area contributed by atoms with Crippen molar-refractivity contribution in [2.24, 2.45) is 0 Å². The summed E-state index contributed by atoms with van der Waals surface area (Å²) in [7, 11) is 0. The molecule has 0 bridgehead atoms. The van der Waals surface area contributed by atoms with E-state index in [1.165, 1.54) is 19.3 Å². The third-order valence-electron chi connectivity index (χ3n) is 3.77. The Morgan fingerprint density at radius 1 is 1.30 bits per heavy atom. The molecule has 0 N–H and O–H groups in total. The first kappa shape index (κ1) is 16.3. The average molecular weight is 424 g/mol. The van der Waals surface area contributed by atoms with Crippen LogP contribution in [0.5, 0.6) is 0 Å². The first-order valence-corrected chi connectivity index (χ1v) is 9.24. The number of halogens is 3. The smallest absolute Gasteiger partial charge is 0.254 e. The van der Waals surface area contributed by atoms with Crippen molar-refractivity contribution in [2.75, 3.05) is 11.9 Å². The number of carbonyl (C=O) groups is 1. The number of rotatable bonds is 4. The zero-order valence-electron chi connectivity index (χ0n) is 11.2. The minimum atomic E-state index is 0.0887. The molecule has 0 unspecified atom stereocenters. The molecule has 0 aromatic heterocycles. The molecule has 1 aliphatic carbocycles. The molecule has 1 amide bonds. The number of hydrogen-bond acceptors (Lipinski definition) is 1. The summed E-state index contributed by atoms with van der Waals surface area (Å²) in [6.07, 6.45) is 5.96. The van der Waals surface area contributed by atoms with Gasteiger partial charge in [-0.3, -0.25) is 4.79 Å². The van der Waals surface area contributed by atoms with Crippen LogP contribution >= 0.6 is 43.5 Å². The van der Waals surface area contributed by atoms with Crippen molar-refractivity contribution in [3.05, 3.63) is 33.3 Å². The Morgan fingerprint density at radius 3 is 2.60 bits per heavy atom. The van der Waals surface area contributed by atoms with Crippen molar-refractivity contribution in [1.29, 1.82) is 0 Å². The van der Waals surface area contributed by atoms with E-state index in [2.05, 4.69) is 31.9 Å². The van der Waals surface area contributed by atoms with Gasteiger partial charge in [-0.15, -0.1) is 0 Å². The fraction of sp³-hybridized carbons (Fsp3) is 0.533. The lowest BCUT2D eigenvalue weighted by atomic mass is 9.93. The summed E-state index contributed by atoms with van der Waals surface area (Å²) in [5, 5.41) is 1.39. The Morgan fingerprint density at radius 2 is 2.00 bits per heavy atom. The second kappa shape index (κ2) is 7.81. The lowest BCUT2D eigenvalue weighted by Gasteiger charge is -2.34. The Bertz CT molecular complexity index is 475. The van der Waals surface area contributed by atoms with Crippen LogP contribution in [0.4, 0.5) is 0 Å². The monoisotopic (exact) mass is 421 g/mol. The summed E-state index contributed by atoms with van der Waals surface area (Å²) in [4.78, 5) is 14.7. The largest absolute Gasteiger partial charge is 0.335 e. The molecular weight excluding hydrogens is 405 g/mol.